The maximum Gasteiger partial charge on any atom is 0.169 e. The molecule has 65 heavy (non-hydrogen) atoms. The molecule has 0 spiro atoms. The van der Waals surface area contributed by atoms with Crippen LogP contribution in [-0.2, 0) is 10.8 Å². The minimum Gasteiger partial charge on any atom is -0.481 e. The summed E-state index contributed by atoms with van der Waals surface area (Å²) >= 11 is 0. The lowest BCUT2D eigenvalue weighted by molar-refractivity contribution is 0.364. The van der Waals surface area contributed by atoms with E-state index in [1.54, 1.807) is 42.5 Å². The molecule has 0 aliphatic heterocycles. The van der Waals surface area contributed by atoms with Crippen molar-refractivity contribution in [2.45, 2.75) is 31.6 Å². The second kappa shape index (κ2) is 19.9. The lowest BCUT2D eigenvalue weighted by Gasteiger charge is -2.33. The van der Waals surface area contributed by atoms with Crippen LogP contribution in [0.5, 0.6) is 51.7 Å². The Kier molecular flexibility index (Phi) is 13.7. The second-order valence-electron chi connectivity index (χ2n) is 15.5. The number of rotatable bonds is 17. The third-order valence-electron chi connectivity index (χ3n) is 11.0. The van der Waals surface area contributed by atoms with Gasteiger partial charge in [-0.1, -0.05) is 92.3 Å². The minimum absolute atomic E-state index is 0.0174. The van der Waals surface area contributed by atoms with Crippen LogP contribution in [0, 0.1) is 54.5 Å². The summed E-state index contributed by atoms with van der Waals surface area (Å²) in [6.07, 6.45) is 15.8. The summed E-state index contributed by atoms with van der Waals surface area (Å²) in [5, 5.41) is 0. The molecule has 0 amide bonds. The van der Waals surface area contributed by atoms with Gasteiger partial charge in [-0.15, -0.1) is 19.3 Å². The zero-order valence-electron chi connectivity index (χ0n) is 35.9. The monoisotopic (exact) mass is 868 g/mol. The van der Waals surface area contributed by atoms with Crippen LogP contribution in [0.15, 0.2) is 152 Å². The van der Waals surface area contributed by atoms with Gasteiger partial charge in [0, 0.05) is 29.0 Å². The Morgan fingerprint density at radius 3 is 0.892 bits per heavy atom. The molecule has 0 saturated heterocycles. The van der Waals surface area contributed by atoms with Crippen LogP contribution in [0.3, 0.4) is 0 Å². The minimum atomic E-state index is -0.734. The van der Waals surface area contributed by atoms with Crippen molar-refractivity contribution in [2.24, 2.45) is 0 Å². The molecule has 0 heterocycles. The van der Waals surface area contributed by atoms with E-state index in [1.807, 2.05) is 48.5 Å². The maximum absolute atomic E-state index is 15.0. The van der Waals surface area contributed by atoms with Crippen molar-refractivity contribution in [1.82, 2.24) is 0 Å². The van der Waals surface area contributed by atoms with Gasteiger partial charge >= 0.3 is 0 Å². The first-order valence-corrected chi connectivity index (χ1v) is 20.4. The van der Waals surface area contributed by atoms with Crippen molar-refractivity contribution in [3.8, 4) is 88.8 Å². The van der Waals surface area contributed by atoms with Gasteiger partial charge in [-0.2, -0.15) is 0 Å². The quantitative estimate of drug-likeness (QED) is 0.0671. The highest BCUT2D eigenvalue weighted by molar-refractivity contribution is 5.54. The van der Waals surface area contributed by atoms with Gasteiger partial charge in [0.2, 0.25) is 0 Å². The first kappa shape index (κ1) is 44.9. The molecule has 0 aliphatic carbocycles. The molecule has 0 N–H and O–H groups in total. The predicted octanol–water partition coefficient (Wildman–Crippen LogP) is 13.2. The largest absolute Gasteiger partial charge is 0.481 e. The molecule has 0 fully saturated rings. The average Bonchev–Trinajstić information content (AvgIpc) is 3.32. The van der Waals surface area contributed by atoms with Gasteiger partial charge in [-0.3, -0.25) is 0 Å². The third kappa shape index (κ3) is 10.4. The lowest BCUT2D eigenvalue weighted by Crippen LogP contribution is -2.26. The van der Waals surface area contributed by atoms with E-state index in [0.717, 1.165) is 27.8 Å². The molecule has 324 valence electrons. The molecule has 0 radical (unpaired) electrons. The molecular formula is C56H43F3O6. The first-order valence-electron chi connectivity index (χ1n) is 20.4. The van der Waals surface area contributed by atoms with E-state index in [1.165, 1.54) is 36.4 Å². The highest BCUT2D eigenvalue weighted by Crippen LogP contribution is 2.43. The summed E-state index contributed by atoms with van der Waals surface area (Å²) in [6, 6.07) is 43.8. The van der Waals surface area contributed by atoms with Crippen molar-refractivity contribution in [3.05, 3.63) is 197 Å². The van der Waals surface area contributed by atoms with Crippen LogP contribution in [0.2, 0.25) is 0 Å². The van der Waals surface area contributed by atoms with Gasteiger partial charge in [0.25, 0.3) is 0 Å². The van der Waals surface area contributed by atoms with Crippen molar-refractivity contribution < 1.29 is 41.6 Å². The van der Waals surface area contributed by atoms with Crippen LogP contribution in [0.25, 0.3) is 0 Å². The Labute approximate surface area is 377 Å². The normalized spacial score (nSPS) is 11.1. The van der Waals surface area contributed by atoms with Gasteiger partial charge in [0.05, 0.1) is 0 Å². The van der Waals surface area contributed by atoms with Crippen molar-refractivity contribution in [1.29, 1.82) is 0 Å². The molecule has 0 bridgehead atoms. The highest BCUT2D eigenvalue weighted by Gasteiger charge is 2.33. The predicted molar refractivity (Wildman–Crippen MR) is 246 cm³/mol. The smallest absolute Gasteiger partial charge is 0.169 e. The molecule has 0 saturated carbocycles. The van der Waals surface area contributed by atoms with E-state index in [9.17, 15) is 13.2 Å². The number of terminal acetylenes is 3. The van der Waals surface area contributed by atoms with Gasteiger partial charge in [0.1, 0.15) is 54.3 Å². The Bertz CT molecular complexity index is 2770. The molecule has 9 heteroatoms. The fourth-order valence-electron chi connectivity index (χ4n) is 7.26. The Balaban J connectivity index is 1.15. The molecule has 0 atom stereocenters. The van der Waals surface area contributed by atoms with Crippen molar-refractivity contribution in [2.75, 3.05) is 19.8 Å². The molecule has 7 rings (SSSR count). The van der Waals surface area contributed by atoms with E-state index in [0.29, 0.717) is 34.5 Å². The number of hydrogen-bond acceptors (Lipinski definition) is 6. The van der Waals surface area contributed by atoms with Crippen LogP contribution in [0.4, 0.5) is 13.2 Å². The van der Waals surface area contributed by atoms with E-state index >= 15 is 0 Å². The summed E-state index contributed by atoms with van der Waals surface area (Å²) in [5.74, 6) is 7.67. The lowest BCUT2D eigenvalue weighted by atomic mass is 9.70. The van der Waals surface area contributed by atoms with Crippen molar-refractivity contribution in [3.63, 3.8) is 0 Å². The summed E-state index contributed by atoms with van der Waals surface area (Å²) in [6.45, 7) is 6.44. The Morgan fingerprint density at radius 2 is 0.615 bits per heavy atom. The summed E-state index contributed by atoms with van der Waals surface area (Å²) in [4.78, 5) is 0. The molecule has 0 unspecified atom stereocenters. The van der Waals surface area contributed by atoms with Crippen LogP contribution in [-0.4, -0.2) is 19.8 Å². The van der Waals surface area contributed by atoms with E-state index in [-0.39, 0.29) is 37.1 Å². The van der Waals surface area contributed by atoms with E-state index < -0.39 is 28.3 Å². The average molecular weight is 869 g/mol. The molecule has 0 aromatic heterocycles. The standard InChI is InChI=1S/C56H43F3O6/c1-7-32-60-46-26-29-52(49(57)35-46)63-43-20-14-39(15-21-43)55(4,5)38-10-12-40(13-11-38)56(6,41-16-22-44(23-17-41)64-53-30-27-47(36-50(53)58)61-33-8-2)42-18-24-45(25-19-42)65-54-31-28-48(37-51(54)59)62-34-9-3/h1-3,10-31,35-37H,32-34H2,4-6H3. The number of halogens is 3. The summed E-state index contributed by atoms with van der Waals surface area (Å²) in [7, 11) is 0. The fourth-order valence-corrected chi connectivity index (χ4v) is 7.26. The molecule has 7 aromatic carbocycles. The zero-order chi connectivity index (χ0) is 46.0. The van der Waals surface area contributed by atoms with Gasteiger partial charge in [-0.05, 0) is 108 Å². The van der Waals surface area contributed by atoms with E-state index in [4.69, 9.17) is 47.7 Å². The highest BCUT2D eigenvalue weighted by atomic mass is 19.1. The van der Waals surface area contributed by atoms with Gasteiger partial charge in [0.15, 0.2) is 34.7 Å². The summed E-state index contributed by atoms with van der Waals surface area (Å²) < 4.78 is 78.5. The molecule has 6 nitrogen and oxygen atoms in total. The van der Waals surface area contributed by atoms with Gasteiger partial charge in [-0.25, -0.2) is 13.2 Å². The maximum atomic E-state index is 15.0. The summed E-state index contributed by atoms with van der Waals surface area (Å²) in [5.41, 5.74) is 3.70. The zero-order valence-corrected chi connectivity index (χ0v) is 35.9. The molecular weight excluding hydrogens is 826 g/mol. The fraction of sp³-hybridized carbons (Fsp3) is 0.143. The third-order valence-corrected chi connectivity index (χ3v) is 11.0. The number of benzene rings is 7. The Morgan fingerprint density at radius 1 is 0.369 bits per heavy atom. The van der Waals surface area contributed by atoms with Crippen LogP contribution >= 0.6 is 0 Å². The van der Waals surface area contributed by atoms with Gasteiger partial charge < -0.3 is 28.4 Å². The van der Waals surface area contributed by atoms with Crippen LogP contribution in [0.1, 0.15) is 48.6 Å². The number of ether oxygens (including phenoxy) is 6. The van der Waals surface area contributed by atoms with Crippen LogP contribution < -0.4 is 28.4 Å². The first-order chi connectivity index (χ1) is 31.4. The molecule has 0 aliphatic rings. The Hall–Kier alpha value is -8.19. The van der Waals surface area contributed by atoms with E-state index in [2.05, 4.69) is 62.8 Å². The second-order valence-corrected chi connectivity index (χ2v) is 15.5. The topological polar surface area (TPSA) is 55.4 Å². The van der Waals surface area contributed by atoms with Crippen molar-refractivity contribution >= 4 is 0 Å². The molecule has 7 aromatic rings. The number of hydrogen-bond donors (Lipinski definition) is 0. The SMILES string of the molecule is C#CCOc1ccc(Oc2ccc(C(C)(C)c3ccc(C(C)(c4ccc(Oc5ccc(OCC#C)cc5F)cc4)c4ccc(Oc5ccc(OCC#C)cc5F)cc4)cc3)cc2)c(F)c1.